The molecular weight excluding hydrogens is 336 g/mol. The van der Waals surface area contributed by atoms with Gasteiger partial charge in [-0.2, -0.15) is 0 Å². The van der Waals surface area contributed by atoms with Crippen LogP contribution in [0.25, 0.3) is 0 Å². The minimum Gasteiger partial charge on any atom is -0.355 e. The fraction of sp³-hybridized carbons (Fsp3) is 0.500. The summed E-state index contributed by atoms with van der Waals surface area (Å²) in [5.41, 5.74) is 3.13. The second kappa shape index (κ2) is 8.05. The summed E-state index contributed by atoms with van der Waals surface area (Å²) in [6.45, 7) is 2.98. The molecule has 1 aliphatic heterocycles. The Kier molecular flexibility index (Phi) is 5.79. The monoisotopic (exact) mass is 360 g/mol. The predicted octanol–water partition coefficient (Wildman–Crippen LogP) is 4.01. The van der Waals surface area contributed by atoms with Crippen LogP contribution in [0.15, 0.2) is 29.8 Å². The number of nitrogens with one attached hydrogen (secondary N) is 1. The zero-order chi connectivity index (χ0) is 17.8. The predicted molar refractivity (Wildman–Crippen MR) is 101 cm³/mol. The van der Waals surface area contributed by atoms with E-state index in [1.165, 1.54) is 18.4 Å². The topological polar surface area (TPSA) is 49.4 Å². The average molecular weight is 361 g/mol. The van der Waals surface area contributed by atoms with Gasteiger partial charge in [-0.1, -0.05) is 29.3 Å². The quantitative estimate of drug-likeness (QED) is 0.806. The maximum Gasteiger partial charge on any atom is 0.227 e. The molecule has 2 amide bonds. The molecule has 2 aliphatic rings. The van der Waals surface area contributed by atoms with Gasteiger partial charge in [-0.05, 0) is 56.7 Å². The van der Waals surface area contributed by atoms with Gasteiger partial charge in [0.25, 0.3) is 0 Å². The minimum atomic E-state index is -0.286. The highest BCUT2D eigenvalue weighted by Crippen LogP contribution is 2.31. The van der Waals surface area contributed by atoms with E-state index in [2.05, 4.69) is 11.4 Å². The standard InChI is InChI=1S/C20H25ClN2O2/c1-14-17(21)8-5-9-18(14)23-13-16(12-19(23)24)20(25)22-11-10-15-6-3-2-4-7-15/h5-6,8-9,16H,2-4,7,10-13H2,1H3,(H,22,25). The van der Waals surface area contributed by atoms with Crippen LogP contribution in [0.5, 0.6) is 0 Å². The van der Waals surface area contributed by atoms with Crippen molar-refractivity contribution in [1.29, 1.82) is 0 Å². The minimum absolute atomic E-state index is 0.0134. The molecule has 4 nitrogen and oxygen atoms in total. The van der Waals surface area contributed by atoms with Gasteiger partial charge < -0.3 is 10.2 Å². The molecular formula is C20H25ClN2O2. The summed E-state index contributed by atoms with van der Waals surface area (Å²) < 4.78 is 0. The molecule has 1 saturated heterocycles. The van der Waals surface area contributed by atoms with Crippen LogP contribution >= 0.6 is 11.6 Å². The van der Waals surface area contributed by atoms with Crippen molar-refractivity contribution in [3.05, 3.63) is 40.4 Å². The number of anilines is 1. The van der Waals surface area contributed by atoms with Crippen molar-refractivity contribution in [2.24, 2.45) is 5.92 Å². The van der Waals surface area contributed by atoms with Crippen LogP contribution in [-0.4, -0.2) is 24.9 Å². The van der Waals surface area contributed by atoms with Gasteiger partial charge in [-0.25, -0.2) is 0 Å². The lowest BCUT2D eigenvalue weighted by Gasteiger charge is -2.19. The van der Waals surface area contributed by atoms with E-state index in [-0.39, 0.29) is 24.2 Å². The second-order valence-corrected chi connectivity index (χ2v) is 7.35. The van der Waals surface area contributed by atoms with Crippen molar-refractivity contribution in [3.63, 3.8) is 0 Å². The molecule has 5 heteroatoms. The van der Waals surface area contributed by atoms with Gasteiger partial charge in [-0.15, -0.1) is 0 Å². The molecule has 0 saturated carbocycles. The Bertz CT molecular complexity index is 699. The SMILES string of the molecule is Cc1c(Cl)cccc1N1CC(C(=O)NCCC2=CCCCC2)CC1=O. The molecule has 1 aliphatic carbocycles. The molecule has 0 bridgehead atoms. The van der Waals surface area contributed by atoms with Crippen molar-refractivity contribution in [1.82, 2.24) is 5.32 Å². The summed E-state index contributed by atoms with van der Waals surface area (Å²) in [5.74, 6) is -0.321. The van der Waals surface area contributed by atoms with E-state index in [0.717, 1.165) is 30.5 Å². The molecule has 3 rings (SSSR count). The summed E-state index contributed by atoms with van der Waals surface area (Å²) >= 11 is 6.16. The Hall–Kier alpha value is -1.81. The molecule has 1 aromatic carbocycles. The first-order valence-corrected chi connectivity index (χ1v) is 9.45. The average Bonchev–Trinajstić information content (AvgIpc) is 3.00. The normalized spacial score (nSPS) is 20.6. The summed E-state index contributed by atoms with van der Waals surface area (Å²) in [6, 6.07) is 5.53. The first-order chi connectivity index (χ1) is 12.1. The van der Waals surface area contributed by atoms with E-state index in [4.69, 9.17) is 11.6 Å². The number of allylic oxidation sites excluding steroid dienone is 1. The Morgan fingerprint density at radius 2 is 2.20 bits per heavy atom. The van der Waals surface area contributed by atoms with Crippen molar-refractivity contribution in [2.75, 3.05) is 18.0 Å². The smallest absolute Gasteiger partial charge is 0.227 e. The fourth-order valence-corrected chi connectivity index (χ4v) is 3.80. The van der Waals surface area contributed by atoms with Crippen LogP contribution in [0.1, 0.15) is 44.1 Å². The van der Waals surface area contributed by atoms with E-state index in [0.29, 0.717) is 18.1 Å². The van der Waals surface area contributed by atoms with Crippen LogP contribution in [0.3, 0.4) is 0 Å². The Labute approximate surface area is 154 Å². The van der Waals surface area contributed by atoms with Crippen LogP contribution in [0.4, 0.5) is 5.69 Å². The summed E-state index contributed by atoms with van der Waals surface area (Å²) in [6.07, 6.45) is 8.33. The van der Waals surface area contributed by atoms with Gasteiger partial charge in [-0.3, -0.25) is 9.59 Å². The zero-order valence-corrected chi connectivity index (χ0v) is 15.4. The van der Waals surface area contributed by atoms with E-state index in [1.807, 2.05) is 25.1 Å². The second-order valence-electron chi connectivity index (χ2n) is 6.94. The third-order valence-corrected chi connectivity index (χ3v) is 5.57. The lowest BCUT2D eigenvalue weighted by atomic mass is 9.97. The molecule has 0 radical (unpaired) electrons. The van der Waals surface area contributed by atoms with Crippen LogP contribution in [-0.2, 0) is 9.59 Å². The van der Waals surface area contributed by atoms with Gasteiger partial charge in [0.2, 0.25) is 11.8 Å². The molecule has 134 valence electrons. The molecule has 1 unspecified atom stereocenters. The van der Waals surface area contributed by atoms with Crippen molar-refractivity contribution >= 4 is 29.1 Å². The summed E-state index contributed by atoms with van der Waals surface area (Å²) in [5, 5.41) is 3.64. The van der Waals surface area contributed by atoms with Gasteiger partial charge in [0.15, 0.2) is 0 Å². The molecule has 25 heavy (non-hydrogen) atoms. The highest BCUT2D eigenvalue weighted by Gasteiger charge is 2.35. The number of rotatable bonds is 5. The maximum absolute atomic E-state index is 12.4. The molecule has 0 aromatic heterocycles. The van der Waals surface area contributed by atoms with Gasteiger partial charge >= 0.3 is 0 Å². The van der Waals surface area contributed by atoms with Gasteiger partial charge in [0, 0.05) is 30.2 Å². The number of hydrogen-bond donors (Lipinski definition) is 1. The van der Waals surface area contributed by atoms with Crippen molar-refractivity contribution in [3.8, 4) is 0 Å². The zero-order valence-electron chi connectivity index (χ0n) is 14.7. The number of nitrogens with zero attached hydrogens (tertiary/aromatic N) is 1. The lowest BCUT2D eigenvalue weighted by Crippen LogP contribution is -2.33. The molecule has 1 N–H and O–H groups in total. The molecule has 1 aromatic rings. The lowest BCUT2D eigenvalue weighted by molar-refractivity contribution is -0.126. The number of amides is 2. The summed E-state index contributed by atoms with van der Waals surface area (Å²) in [4.78, 5) is 26.5. The number of benzene rings is 1. The first kappa shape index (κ1) is 18.0. The van der Waals surface area contributed by atoms with E-state index >= 15 is 0 Å². The Morgan fingerprint density at radius 3 is 2.96 bits per heavy atom. The van der Waals surface area contributed by atoms with Gasteiger partial charge in [0.1, 0.15) is 0 Å². The number of halogens is 1. The molecule has 1 atom stereocenters. The van der Waals surface area contributed by atoms with Crippen LogP contribution < -0.4 is 10.2 Å². The van der Waals surface area contributed by atoms with Crippen molar-refractivity contribution < 1.29 is 9.59 Å². The molecule has 1 fully saturated rings. The third-order valence-electron chi connectivity index (χ3n) is 5.16. The van der Waals surface area contributed by atoms with E-state index in [9.17, 15) is 9.59 Å². The molecule has 0 spiro atoms. The highest BCUT2D eigenvalue weighted by atomic mass is 35.5. The largest absolute Gasteiger partial charge is 0.355 e. The van der Waals surface area contributed by atoms with E-state index < -0.39 is 0 Å². The Morgan fingerprint density at radius 1 is 1.36 bits per heavy atom. The van der Waals surface area contributed by atoms with Gasteiger partial charge in [0.05, 0.1) is 5.92 Å². The highest BCUT2D eigenvalue weighted by molar-refractivity contribution is 6.31. The molecule has 1 heterocycles. The number of carbonyl (C=O) groups excluding carboxylic acids is 2. The fourth-order valence-electron chi connectivity index (χ4n) is 3.63. The van der Waals surface area contributed by atoms with Crippen LogP contribution in [0, 0.1) is 12.8 Å². The van der Waals surface area contributed by atoms with Crippen molar-refractivity contribution in [2.45, 2.75) is 45.4 Å². The maximum atomic E-state index is 12.4. The Balaban J connectivity index is 1.55. The third kappa shape index (κ3) is 4.24. The van der Waals surface area contributed by atoms with Crippen LogP contribution in [0.2, 0.25) is 5.02 Å². The first-order valence-electron chi connectivity index (χ1n) is 9.07. The van der Waals surface area contributed by atoms with E-state index in [1.54, 1.807) is 4.90 Å². The summed E-state index contributed by atoms with van der Waals surface area (Å²) in [7, 11) is 0. The number of hydrogen-bond acceptors (Lipinski definition) is 2. The number of carbonyl (C=O) groups is 2.